The van der Waals surface area contributed by atoms with Gasteiger partial charge in [0.1, 0.15) is 11.6 Å². The van der Waals surface area contributed by atoms with Crippen LogP contribution in [0.2, 0.25) is 5.02 Å². The number of anilines is 3. The molecule has 0 unspecified atom stereocenters. The minimum Gasteiger partial charge on any atom is -0.353 e. The third kappa shape index (κ3) is 5.35. The van der Waals surface area contributed by atoms with Gasteiger partial charge in [0.05, 0.1) is 10.7 Å². The smallest absolute Gasteiger partial charge is 0.225 e. The van der Waals surface area contributed by atoms with Crippen LogP contribution in [-0.2, 0) is 0 Å². The maximum absolute atomic E-state index is 13.4. The molecule has 3 rings (SSSR count). The zero-order chi connectivity index (χ0) is 19.2. The van der Waals surface area contributed by atoms with Crippen LogP contribution in [0, 0.1) is 5.82 Å². The van der Waals surface area contributed by atoms with Gasteiger partial charge >= 0.3 is 0 Å². The largest absolute Gasteiger partial charge is 0.353 e. The number of benzene rings is 1. The molecule has 0 saturated heterocycles. The van der Waals surface area contributed by atoms with Gasteiger partial charge in [-0.15, -0.1) is 0 Å². The Labute approximate surface area is 162 Å². The van der Waals surface area contributed by atoms with Crippen LogP contribution in [0.15, 0.2) is 48.8 Å². The van der Waals surface area contributed by atoms with Crippen LogP contribution in [0.25, 0.3) is 11.3 Å². The summed E-state index contributed by atoms with van der Waals surface area (Å²) < 4.78 is 13.4. The van der Waals surface area contributed by atoms with Gasteiger partial charge in [-0.1, -0.05) is 11.6 Å². The maximum atomic E-state index is 13.4. The Morgan fingerprint density at radius 2 is 2.00 bits per heavy atom. The quantitative estimate of drug-likeness (QED) is 0.638. The molecule has 0 atom stereocenters. The fourth-order valence-electron chi connectivity index (χ4n) is 2.37. The molecular formula is C19H20ClFN6. The molecule has 8 heteroatoms. The van der Waals surface area contributed by atoms with E-state index in [2.05, 4.69) is 30.5 Å². The van der Waals surface area contributed by atoms with Gasteiger partial charge in [-0.25, -0.2) is 9.37 Å². The third-order valence-electron chi connectivity index (χ3n) is 3.72. The molecule has 27 heavy (non-hydrogen) atoms. The molecule has 0 bridgehead atoms. The van der Waals surface area contributed by atoms with E-state index in [1.54, 1.807) is 18.5 Å². The molecule has 0 aliphatic rings. The lowest BCUT2D eigenvalue weighted by molar-refractivity contribution is 0.425. The van der Waals surface area contributed by atoms with E-state index >= 15 is 0 Å². The monoisotopic (exact) mass is 386 g/mol. The van der Waals surface area contributed by atoms with Gasteiger partial charge in [0, 0.05) is 42.8 Å². The number of nitrogens with one attached hydrogen (secondary N) is 2. The first-order valence-corrected chi connectivity index (χ1v) is 8.79. The van der Waals surface area contributed by atoms with Crippen molar-refractivity contribution in [3.8, 4) is 11.3 Å². The van der Waals surface area contributed by atoms with Crippen molar-refractivity contribution in [2.24, 2.45) is 0 Å². The van der Waals surface area contributed by atoms with Gasteiger partial charge in [-0.2, -0.15) is 4.98 Å². The van der Waals surface area contributed by atoms with Crippen molar-refractivity contribution in [2.45, 2.75) is 0 Å². The number of hydrogen-bond acceptors (Lipinski definition) is 6. The summed E-state index contributed by atoms with van der Waals surface area (Å²) in [5.41, 5.74) is 2.23. The standard InChI is InChI=1S/C19H20ClFN6/c1-27(2)9-8-23-19-25-17(13-4-3-7-22-12-13)11-18(26-19)24-14-5-6-16(21)15(20)10-14/h3-7,10-12H,8-9H2,1-2H3,(H2,23,24,25,26). The van der Waals surface area contributed by atoms with Crippen LogP contribution in [0.3, 0.4) is 0 Å². The first-order chi connectivity index (χ1) is 13.0. The SMILES string of the molecule is CN(C)CCNc1nc(Nc2ccc(F)c(Cl)c2)cc(-c2cccnc2)n1. The number of rotatable bonds is 7. The zero-order valence-corrected chi connectivity index (χ0v) is 15.8. The fourth-order valence-corrected chi connectivity index (χ4v) is 2.55. The lowest BCUT2D eigenvalue weighted by Gasteiger charge is -2.13. The minimum absolute atomic E-state index is 0.0471. The number of pyridine rings is 1. The number of halogens is 2. The van der Waals surface area contributed by atoms with Crippen molar-refractivity contribution in [1.29, 1.82) is 0 Å². The van der Waals surface area contributed by atoms with E-state index < -0.39 is 5.82 Å². The number of likely N-dealkylation sites (N-methyl/N-ethyl adjacent to an activating group) is 1. The first-order valence-electron chi connectivity index (χ1n) is 8.41. The Bertz CT molecular complexity index is 904. The highest BCUT2D eigenvalue weighted by Gasteiger charge is 2.09. The summed E-state index contributed by atoms with van der Waals surface area (Å²) >= 11 is 5.86. The number of nitrogens with zero attached hydrogens (tertiary/aromatic N) is 4. The second-order valence-electron chi connectivity index (χ2n) is 6.19. The molecule has 0 saturated carbocycles. The van der Waals surface area contributed by atoms with Gasteiger partial charge in [0.2, 0.25) is 5.95 Å². The number of aromatic nitrogens is 3. The molecule has 0 radical (unpaired) electrons. The highest BCUT2D eigenvalue weighted by Crippen LogP contribution is 2.25. The van der Waals surface area contributed by atoms with E-state index in [9.17, 15) is 4.39 Å². The van der Waals surface area contributed by atoms with E-state index in [-0.39, 0.29) is 5.02 Å². The molecule has 0 spiro atoms. The average molecular weight is 387 g/mol. The summed E-state index contributed by atoms with van der Waals surface area (Å²) in [6.45, 7) is 1.54. The van der Waals surface area contributed by atoms with Crippen molar-refractivity contribution in [1.82, 2.24) is 19.9 Å². The Morgan fingerprint density at radius 1 is 1.15 bits per heavy atom. The molecule has 2 heterocycles. The summed E-state index contributed by atoms with van der Waals surface area (Å²) in [5.74, 6) is 0.597. The molecule has 0 aliphatic carbocycles. The predicted molar refractivity (Wildman–Crippen MR) is 107 cm³/mol. The summed E-state index contributed by atoms with van der Waals surface area (Å²) in [4.78, 5) is 15.3. The van der Waals surface area contributed by atoms with Gasteiger partial charge in [0.25, 0.3) is 0 Å². The Balaban J connectivity index is 1.90. The normalized spacial score (nSPS) is 10.9. The first kappa shape index (κ1) is 19.0. The Hall–Kier alpha value is -2.77. The van der Waals surface area contributed by atoms with E-state index in [0.717, 1.165) is 17.8 Å². The summed E-state index contributed by atoms with van der Waals surface area (Å²) in [7, 11) is 4.00. The molecule has 0 fully saturated rings. The average Bonchev–Trinajstić information content (AvgIpc) is 2.65. The fraction of sp³-hybridized carbons (Fsp3) is 0.211. The van der Waals surface area contributed by atoms with Crippen molar-refractivity contribution in [2.75, 3.05) is 37.8 Å². The van der Waals surface area contributed by atoms with Crippen molar-refractivity contribution in [3.63, 3.8) is 0 Å². The van der Waals surface area contributed by atoms with E-state index in [1.807, 2.05) is 32.3 Å². The third-order valence-corrected chi connectivity index (χ3v) is 4.01. The molecule has 2 N–H and O–H groups in total. The Kier molecular flexibility index (Phi) is 6.16. The van der Waals surface area contributed by atoms with Crippen LogP contribution < -0.4 is 10.6 Å². The number of hydrogen-bond donors (Lipinski definition) is 2. The predicted octanol–water partition coefficient (Wildman–Crippen LogP) is 4.05. The highest BCUT2D eigenvalue weighted by atomic mass is 35.5. The van der Waals surface area contributed by atoms with Crippen molar-refractivity contribution < 1.29 is 4.39 Å². The second-order valence-corrected chi connectivity index (χ2v) is 6.59. The molecule has 0 amide bonds. The molecule has 2 aromatic heterocycles. The zero-order valence-electron chi connectivity index (χ0n) is 15.1. The lowest BCUT2D eigenvalue weighted by Crippen LogP contribution is -2.21. The van der Waals surface area contributed by atoms with Crippen molar-refractivity contribution >= 4 is 29.1 Å². The van der Waals surface area contributed by atoms with Gasteiger partial charge in [-0.05, 0) is 44.4 Å². The topological polar surface area (TPSA) is 66.0 Å². The van der Waals surface area contributed by atoms with Gasteiger partial charge in [-0.3, -0.25) is 4.98 Å². The lowest BCUT2D eigenvalue weighted by atomic mass is 10.2. The van der Waals surface area contributed by atoms with E-state index in [4.69, 9.17) is 11.6 Å². The summed E-state index contributed by atoms with van der Waals surface area (Å²) in [6, 6.07) is 10.0. The van der Waals surface area contributed by atoms with Crippen LogP contribution in [0.4, 0.5) is 21.8 Å². The molecule has 140 valence electrons. The van der Waals surface area contributed by atoms with Crippen LogP contribution in [-0.4, -0.2) is 47.0 Å². The van der Waals surface area contributed by atoms with E-state index in [1.165, 1.54) is 12.1 Å². The summed E-state index contributed by atoms with van der Waals surface area (Å²) in [6.07, 6.45) is 3.45. The van der Waals surface area contributed by atoms with Gasteiger partial charge in [0.15, 0.2) is 0 Å². The van der Waals surface area contributed by atoms with Crippen LogP contribution >= 0.6 is 11.6 Å². The van der Waals surface area contributed by atoms with E-state index in [0.29, 0.717) is 24.0 Å². The molecule has 3 aromatic rings. The van der Waals surface area contributed by atoms with Crippen LogP contribution in [0.1, 0.15) is 0 Å². The second kappa shape index (κ2) is 8.75. The summed E-state index contributed by atoms with van der Waals surface area (Å²) in [5, 5.41) is 6.42. The van der Waals surface area contributed by atoms with Gasteiger partial charge < -0.3 is 15.5 Å². The minimum atomic E-state index is -0.466. The van der Waals surface area contributed by atoms with Crippen molar-refractivity contribution in [3.05, 3.63) is 59.6 Å². The molecular weight excluding hydrogens is 367 g/mol. The van der Waals surface area contributed by atoms with Crippen LogP contribution in [0.5, 0.6) is 0 Å². The maximum Gasteiger partial charge on any atom is 0.225 e. The Morgan fingerprint density at radius 3 is 2.70 bits per heavy atom. The molecule has 1 aromatic carbocycles. The molecule has 6 nitrogen and oxygen atoms in total. The highest BCUT2D eigenvalue weighted by molar-refractivity contribution is 6.31. The molecule has 0 aliphatic heterocycles.